The molecule has 0 aromatic heterocycles. The van der Waals surface area contributed by atoms with Crippen LogP contribution in [-0.2, 0) is 4.79 Å². The highest BCUT2D eigenvalue weighted by Gasteiger charge is 2.14. The Kier molecular flexibility index (Phi) is 5.84. The maximum atomic E-state index is 11.8. The van der Waals surface area contributed by atoms with Gasteiger partial charge in [-0.3, -0.25) is 14.9 Å². The molecule has 0 spiro atoms. The largest absolute Gasteiger partial charge is 0.477 e. The molecule has 0 bridgehead atoms. The Morgan fingerprint density at radius 1 is 1.24 bits per heavy atom. The molecule has 130 valence electrons. The van der Waals surface area contributed by atoms with Crippen LogP contribution in [0.3, 0.4) is 0 Å². The number of benzene rings is 2. The second-order valence-corrected chi connectivity index (χ2v) is 5.62. The van der Waals surface area contributed by atoms with Gasteiger partial charge < -0.3 is 4.74 Å². The molecule has 25 heavy (non-hydrogen) atoms. The van der Waals surface area contributed by atoms with Crippen LogP contribution < -0.4 is 10.2 Å². The van der Waals surface area contributed by atoms with E-state index in [1.165, 1.54) is 18.2 Å². The van der Waals surface area contributed by atoms with Crippen LogP contribution in [0.25, 0.3) is 0 Å². The summed E-state index contributed by atoms with van der Waals surface area (Å²) in [6, 6.07) is 9.95. The Bertz CT molecular complexity index is 808. The van der Waals surface area contributed by atoms with Gasteiger partial charge in [-0.1, -0.05) is 29.8 Å². The molecule has 0 fully saturated rings. The van der Waals surface area contributed by atoms with Gasteiger partial charge in [0.05, 0.1) is 11.1 Å². The second-order valence-electron chi connectivity index (χ2n) is 5.62. The number of amides is 1. The lowest BCUT2D eigenvalue weighted by atomic mass is 10.0. The molecular formula is C18H19N3O4. The molecule has 1 amide bonds. The number of nitro groups is 1. The van der Waals surface area contributed by atoms with Gasteiger partial charge >= 0.3 is 5.69 Å². The highest BCUT2D eigenvalue weighted by Crippen LogP contribution is 2.25. The van der Waals surface area contributed by atoms with Crippen molar-refractivity contribution in [1.82, 2.24) is 5.43 Å². The van der Waals surface area contributed by atoms with Crippen LogP contribution in [0.15, 0.2) is 41.5 Å². The van der Waals surface area contributed by atoms with E-state index in [1.807, 2.05) is 32.9 Å². The number of ether oxygens (including phenoxy) is 1. The van der Waals surface area contributed by atoms with Gasteiger partial charge in [-0.25, -0.2) is 5.43 Å². The maximum absolute atomic E-state index is 11.8. The third-order valence-electron chi connectivity index (χ3n) is 3.54. The summed E-state index contributed by atoms with van der Waals surface area (Å²) in [5.41, 5.74) is 6.38. The van der Waals surface area contributed by atoms with Gasteiger partial charge in [-0.2, -0.15) is 5.10 Å². The van der Waals surface area contributed by atoms with Gasteiger partial charge in [0, 0.05) is 11.6 Å². The van der Waals surface area contributed by atoms with Crippen molar-refractivity contribution >= 4 is 17.8 Å². The van der Waals surface area contributed by atoms with Crippen LogP contribution in [0.4, 0.5) is 5.69 Å². The van der Waals surface area contributed by atoms with Gasteiger partial charge in [0.2, 0.25) is 0 Å². The van der Waals surface area contributed by atoms with Crippen molar-refractivity contribution in [3.63, 3.8) is 0 Å². The Morgan fingerprint density at radius 3 is 2.52 bits per heavy atom. The van der Waals surface area contributed by atoms with Crippen molar-refractivity contribution in [2.24, 2.45) is 5.10 Å². The summed E-state index contributed by atoms with van der Waals surface area (Å²) in [5, 5.41) is 14.8. The van der Waals surface area contributed by atoms with Gasteiger partial charge in [0.15, 0.2) is 12.4 Å². The fourth-order valence-electron chi connectivity index (χ4n) is 2.47. The quantitative estimate of drug-likeness (QED) is 0.496. The zero-order valence-electron chi connectivity index (χ0n) is 14.3. The Balaban J connectivity index is 1.95. The summed E-state index contributed by atoms with van der Waals surface area (Å²) in [4.78, 5) is 22.1. The van der Waals surface area contributed by atoms with Crippen molar-refractivity contribution in [3.8, 4) is 5.75 Å². The lowest BCUT2D eigenvalue weighted by Gasteiger charge is -2.07. The molecule has 0 heterocycles. The van der Waals surface area contributed by atoms with Crippen LogP contribution in [0.2, 0.25) is 0 Å². The average Bonchev–Trinajstić information content (AvgIpc) is 2.55. The summed E-state index contributed by atoms with van der Waals surface area (Å²) in [6.07, 6.45) is 1.58. The van der Waals surface area contributed by atoms with Crippen LogP contribution in [-0.4, -0.2) is 23.7 Å². The van der Waals surface area contributed by atoms with Crippen molar-refractivity contribution in [2.45, 2.75) is 20.8 Å². The fraction of sp³-hybridized carbons (Fsp3) is 0.222. The highest BCUT2D eigenvalue weighted by atomic mass is 16.6. The fourth-order valence-corrected chi connectivity index (χ4v) is 2.47. The van der Waals surface area contributed by atoms with E-state index in [0.29, 0.717) is 0 Å². The number of nitro benzene ring substituents is 1. The predicted molar refractivity (Wildman–Crippen MR) is 95.0 cm³/mol. The average molecular weight is 341 g/mol. The van der Waals surface area contributed by atoms with Gasteiger partial charge in [-0.05, 0) is 38.0 Å². The number of carbonyl (C=O) groups is 1. The summed E-state index contributed by atoms with van der Waals surface area (Å²) in [5.74, 6) is -0.464. The molecule has 7 heteroatoms. The summed E-state index contributed by atoms with van der Waals surface area (Å²) >= 11 is 0. The predicted octanol–water partition coefficient (Wildman–Crippen LogP) is 3.05. The lowest BCUT2D eigenvalue weighted by molar-refractivity contribution is -0.385. The minimum Gasteiger partial charge on any atom is -0.477 e. The molecule has 0 aliphatic rings. The van der Waals surface area contributed by atoms with E-state index in [1.54, 1.807) is 12.3 Å². The summed E-state index contributed by atoms with van der Waals surface area (Å²) < 4.78 is 5.20. The standard InChI is InChI=1S/C18H19N3O4/c1-12-8-13(2)15(14(3)9-12)10-19-20-18(22)11-25-17-7-5-4-6-16(17)21(23)24/h4-10H,11H2,1-3H3,(H,20,22)/b19-10-. The molecule has 0 atom stereocenters. The van der Waals surface area contributed by atoms with E-state index >= 15 is 0 Å². The SMILES string of the molecule is Cc1cc(C)c(/C=N\NC(=O)COc2ccccc2[N+](=O)[O-])c(C)c1. The van der Waals surface area contributed by atoms with Crippen LogP contribution in [0.5, 0.6) is 5.75 Å². The minimum absolute atomic E-state index is 0.0388. The minimum atomic E-state index is -0.561. The van der Waals surface area contributed by atoms with Crippen molar-refractivity contribution in [3.05, 3.63) is 68.8 Å². The maximum Gasteiger partial charge on any atom is 0.310 e. The first kappa shape index (κ1) is 18.1. The summed E-state index contributed by atoms with van der Waals surface area (Å²) in [7, 11) is 0. The van der Waals surface area contributed by atoms with E-state index in [4.69, 9.17) is 4.74 Å². The monoisotopic (exact) mass is 341 g/mol. The molecule has 0 radical (unpaired) electrons. The smallest absolute Gasteiger partial charge is 0.310 e. The number of nitrogens with zero attached hydrogens (tertiary/aromatic N) is 2. The highest BCUT2D eigenvalue weighted by molar-refractivity contribution is 5.85. The third-order valence-corrected chi connectivity index (χ3v) is 3.54. The third kappa shape index (κ3) is 4.87. The molecule has 1 N–H and O–H groups in total. The van der Waals surface area contributed by atoms with Gasteiger partial charge in [0.1, 0.15) is 0 Å². The number of nitrogens with one attached hydrogen (secondary N) is 1. The lowest BCUT2D eigenvalue weighted by Crippen LogP contribution is -2.24. The number of hydrogen-bond acceptors (Lipinski definition) is 5. The number of para-hydroxylation sites is 2. The molecule has 0 saturated heterocycles. The number of rotatable bonds is 6. The molecule has 2 aromatic rings. The molecule has 0 aliphatic heterocycles. The zero-order chi connectivity index (χ0) is 18.4. The molecule has 7 nitrogen and oxygen atoms in total. The molecule has 0 aliphatic carbocycles. The normalized spacial score (nSPS) is 10.7. The zero-order valence-corrected chi connectivity index (χ0v) is 14.3. The van der Waals surface area contributed by atoms with Crippen molar-refractivity contribution in [2.75, 3.05) is 6.61 Å². The molecule has 0 saturated carbocycles. The first-order chi connectivity index (χ1) is 11.9. The molecule has 2 aromatic carbocycles. The second kappa shape index (κ2) is 8.05. The number of aryl methyl sites for hydroxylation is 3. The first-order valence-electron chi connectivity index (χ1n) is 7.64. The van der Waals surface area contributed by atoms with Gasteiger partial charge in [-0.15, -0.1) is 0 Å². The number of hydrogen-bond donors (Lipinski definition) is 1. The van der Waals surface area contributed by atoms with E-state index in [2.05, 4.69) is 10.5 Å². The molecule has 2 rings (SSSR count). The van der Waals surface area contributed by atoms with Crippen molar-refractivity contribution in [1.29, 1.82) is 0 Å². The van der Waals surface area contributed by atoms with E-state index in [-0.39, 0.29) is 18.0 Å². The van der Waals surface area contributed by atoms with Crippen LogP contribution >= 0.6 is 0 Å². The summed E-state index contributed by atoms with van der Waals surface area (Å²) in [6.45, 7) is 5.60. The van der Waals surface area contributed by atoms with Crippen LogP contribution in [0.1, 0.15) is 22.3 Å². The van der Waals surface area contributed by atoms with Crippen LogP contribution in [0, 0.1) is 30.9 Å². The Morgan fingerprint density at radius 2 is 1.88 bits per heavy atom. The first-order valence-corrected chi connectivity index (χ1v) is 7.64. The number of carbonyl (C=O) groups excluding carboxylic acids is 1. The van der Waals surface area contributed by atoms with E-state index in [0.717, 1.165) is 22.3 Å². The molecule has 0 unspecified atom stereocenters. The molecular weight excluding hydrogens is 322 g/mol. The topological polar surface area (TPSA) is 93.8 Å². The van der Waals surface area contributed by atoms with E-state index < -0.39 is 10.8 Å². The Labute approximate surface area is 145 Å². The van der Waals surface area contributed by atoms with E-state index in [9.17, 15) is 14.9 Å². The number of hydrazone groups is 1. The Hall–Kier alpha value is -3.22. The van der Waals surface area contributed by atoms with Gasteiger partial charge in [0.25, 0.3) is 5.91 Å². The van der Waals surface area contributed by atoms with Crippen molar-refractivity contribution < 1.29 is 14.5 Å².